The zero-order chi connectivity index (χ0) is 14.8. The van der Waals surface area contributed by atoms with Gasteiger partial charge in [0.25, 0.3) is 0 Å². The smallest absolute Gasteiger partial charge is 0.120 e. The van der Waals surface area contributed by atoms with Crippen LogP contribution in [0.1, 0.15) is 58.9 Å². The molecular formula is C18H29NO. The molecule has 0 N–H and O–H groups in total. The van der Waals surface area contributed by atoms with Crippen LogP contribution in [0.2, 0.25) is 0 Å². The number of ether oxygens (including phenoxy) is 1. The van der Waals surface area contributed by atoms with Gasteiger partial charge >= 0.3 is 0 Å². The van der Waals surface area contributed by atoms with Gasteiger partial charge in [0.05, 0.1) is 0 Å². The van der Waals surface area contributed by atoms with Crippen molar-refractivity contribution < 1.29 is 4.74 Å². The van der Waals surface area contributed by atoms with E-state index in [0.29, 0.717) is 12.0 Å². The van der Waals surface area contributed by atoms with Crippen molar-refractivity contribution in [2.24, 2.45) is 0 Å². The summed E-state index contributed by atoms with van der Waals surface area (Å²) in [6.07, 6.45) is 2.63. The molecule has 2 nitrogen and oxygen atoms in total. The van der Waals surface area contributed by atoms with Crippen LogP contribution < -0.4 is 4.74 Å². The molecule has 0 spiro atoms. The van der Waals surface area contributed by atoms with Crippen LogP contribution in [0.25, 0.3) is 0 Å². The van der Waals surface area contributed by atoms with E-state index in [1.165, 1.54) is 5.56 Å². The van der Waals surface area contributed by atoms with Gasteiger partial charge in [0, 0.05) is 18.6 Å². The van der Waals surface area contributed by atoms with E-state index in [1.54, 1.807) is 0 Å². The lowest BCUT2D eigenvalue weighted by Gasteiger charge is -2.40. The Morgan fingerprint density at radius 3 is 2.35 bits per heavy atom. The van der Waals surface area contributed by atoms with Gasteiger partial charge < -0.3 is 4.74 Å². The molecule has 112 valence electrons. The number of hydrogen-bond donors (Lipinski definition) is 0. The standard InChI is InChI=1S/C18H29NO/c1-14(2)15-7-6-8-17(13-15)20-16-9-11-19(12-10-16)18(3,4)5/h6-8,13-14,16H,9-12H2,1-5H3. The van der Waals surface area contributed by atoms with Gasteiger partial charge in [0.1, 0.15) is 11.9 Å². The van der Waals surface area contributed by atoms with Crippen LogP contribution >= 0.6 is 0 Å². The van der Waals surface area contributed by atoms with Crippen molar-refractivity contribution in [3.8, 4) is 5.75 Å². The molecule has 0 saturated carbocycles. The largest absolute Gasteiger partial charge is 0.490 e. The predicted molar refractivity (Wildman–Crippen MR) is 85.5 cm³/mol. The highest BCUT2D eigenvalue weighted by molar-refractivity contribution is 5.30. The van der Waals surface area contributed by atoms with E-state index in [9.17, 15) is 0 Å². The molecule has 0 bridgehead atoms. The second kappa shape index (κ2) is 6.17. The fourth-order valence-electron chi connectivity index (χ4n) is 2.78. The maximum absolute atomic E-state index is 6.18. The first kappa shape index (κ1) is 15.4. The van der Waals surface area contributed by atoms with Crippen LogP contribution in [0.3, 0.4) is 0 Å². The summed E-state index contributed by atoms with van der Waals surface area (Å²) < 4.78 is 6.18. The van der Waals surface area contributed by atoms with E-state index in [2.05, 4.69) is 63.8 Å². The molecule has 20 heavy (non-hydrogen) atoms. The average Bonchev–Trinajstić information content (AvgIpc) is 2.38. The monoisotopic (exact) mass is 275 g/mol. The second-order valence-corrected chi connectivity index (χ2v) is 7.20. The van der Waals surface area contributed by atoms with E-state index in [-0.39, 0.29) is 5.54 Å². The molecule has 1 aliphatic rings. The van der Waals surface area contributed by atoms with Crippen LogP contribution in [0.15, 0.2) is 24.3 Å². The molecule has 0 aliphatic carbocycles. The molecule has 0 unspecified atom stereocenters. The SMILES string of the molecule is CC(C)c1cccc(OC2CCN(C(C)(C)C)CC2)c1. The highest BCUT2D eigenvalue weighted by Gasteiger charge is 2.27. The molecule has 1 saturated heterocycles. The van der Waals surface area contributed by atoms with Gasteiger partial charge in [-0.2, -0.15) is 0 Å². The highest BCUT2D eigenvalue weighted by atomic mass is 16.5. The van der Waals surface area contributed by atoms with Gasteiger partial charge in [0.2, 0.25) is 0 Å². The molecule has 1 aliphatic heterocycles. The summed E-state index contributed by atoms with van der Waals surface area (Å²) in [7, 11) is 0. The zero-order valence-corrected chi connectivity index (χ0v) is 13.6. The molecule has 1 heterocycles. The van der Waals surface area contributed by atoms with E-state index in [1.807, 2.05) is 0 Å². The van der Waals surface area contributed by atoms with Gasteiger partial charge in [-0.15, -0.1) is 0 Å². The fraction of sp³-hybridized carbons (Fsp3) is 0.667. The van der Waals surface area contributed by atoms with Gasteiger partial charge in [-0.05, 0) is 57.2 Å². The highest BCUT2D eigenvalue weighted by Crippen LogP contribution is 2.25. The Kier molecular flexibility index (Phi) is 4.74. The third-order valence-corrected chi connectivity index (χ3v) is 4.22. The first-order valence-electron chi connectivity index (χ1n) is 7.88. The summed E-state index contributed by atoms with van der Waals surface area (Å²) >= 11 is 0. The first-order chi connectivity index (χ1) is 9.36. The van der Waals surface area contributed by atoms with Crippen LogP contribution in [0.5, 0.6) is 5.75 Å². The normalized spacial score (nSPS) is 18.5. The number of hydrogen-bond acceptors (Lipinski definition) is 2. The van der Waals surface area contributed by atoms with Crippen molar-refractivity contribution in [1.29, 1.82) is 0 Å². The van der Waals surface area contributed by atoms with Crippen molar-refractivity contribution in [2.45, 2.75) is 65.0 Å². The molecule has 0 aromatic heterocycles. The number of rotatable bonds is 3. The summed E-state index contributed by atoms with van der Waals surface area (Å²) in [5.74, 6) is 1.59. The lowest BCUT2D eigenvalue weighted by atomic mass is 9.99. The third kappa shape index (κ3) is 3.99. The lowest BCUT2D eigenvalue weighted by Crippen LogP contribution is -2.48. The van der Waals surface area contributed by atoms with E-state index in [4.69, 9.17) is 4.74 Å². The molecule has 0 radical (unpaired) electrons. The Labute approximate surface area is 124 Å². The van der Waals surface area contributed by atoms with Crippen LogP contribution in [0.4, 0.5) is 0 Å². The Morgan fingerprint density at radius 2 is 1.80 bits per heavy atom. The summed E-state index contributed by atoms with van der Waals surface area (Å²) in [5.41, 5.74) is 1.64. The minimum absolute atomic E-state index is 0.280. The topological polar surface area (TPSA) is 12.5 Å². The number of likely N-dealkylation sites (tertiary alicyclic amines) is 1. The molecule has 0 amide bonds. The average molecular weight is 275 g/mol. The Hall–Kier alpha value is -1.02. The second-order valence-electron chi connectivity index (χ2n) is 7.20. The minimum atomic E-state index is 0.280. The third-order valence-electron chi connectivity index (χ3n) is 4.22. The number of benzene rings is 1. The Morgan fingerprint density at radius 1 is 1.15 bits per heavy atom. The summed E-state index contributed by atoms with van der Waals surface area (Å²) in [4.78, 5) is 2.55. The zero-order valence-electron chi connectivity index (χ0n) is 13.6. The minimum Gasteiger partial charge on any atom is -0.490 e. The van der Waals surface area contributed by atoms with Crippen molar-refractivity contribution >= 4 is 0 Å². The summed E-state index contributed by atoms with van der Waals surface area (Å²) in [5, 5.41) is 0. The van der Waals surface area contributed by atoms with Gasteiger partial charge in [-0.1, -0.05) is 26.0 Å². The van der Waals surface area contributed by atoms with Gasteiger partial charge in [-0.25, -0.2) is 0 Å². The van der Waals surface area contributed by atoms with Gasteiger partial charge in [0.15, 0.2) is 0 Å². The van der Waals surface area contributed by atoms with Gasteiger partial charge in [-0.3, -0.25) is 4.90 Å². The van der Waals surface area contributed by atoms with Crippen LogP contribution in [-0.2, 0) is 0 Å². The lowest BCUT2D eigenvalue weighted by molar-refractivity contribution is 0.0491. The fourth-order valence-corrected chi connectivity index (χ4v) is 2.78. The Balaban J connectivity index is 1.91. The summed E-state index contributed by atoms with van der Waals surface area (Å²) in [6.45, 7) is 13.6. The van der Waals surface area contributed by atoms with E-state index < -0.39 is 0 Å². The summed E-state index contributed by atoms with van der Waals surface area (Å²) in [6, 6.07) is 8.57. The quantitative estimate of drug-likeness (QED) is 0.808. The van der Waals surface area contributed by atoms with Crippen LogP contribution in [0, 0.1) is 0 Å². The van der Waals surface area contributed by atoms with E-state index >= 15 is 0 Å². The molecule has 1 fully saturated rings. The molecule has 0 atom stereocenters. The molecule has 2 rings (SSSR count). The van der Waals surface area contributed by atoms with Crippen molar-refractivity contribution in [1.82, 2.24) is 4.90 Å². The number of nitrogens with zero attached hydrogens (tertiary/aromatic N) is 1. The predicted octanol–water partition coefficient (Wildman–Crippen LogP) is 4.45. The van der Waals surface area contributed by atoms with Crippen LogP contribution in [-0.4, -0.2) is 29.6 Å². The molecule has 1 aromatic rings. The first-order valence-corrected chi connectivity index (χ1v) is 7.88. The molecule has 1 aromatic carbocycles. The van der Waals surface area contributed by atoms with Crippen molar-refractivity contribution in [3.63, 3.8) is 0 Å². The maximum Gasteiger partial charge on any atom is 0.120 e. The van der Waals surface area contributed by atoms with Crippen molar-refractivity contribution in [3.05, 3.63) is 29.8 Å². The van der Waals surface area contributed by atoms with E-state index in [0.717, 1.165) is 31.7 Å². The van der Waals surface area contributed by atoms with Crippen molar-refractivity contribution in [2.75, 3.05) is 13.1 Å². The Bertz CT molecular complexity index is 425. The number of piperidine rings is 1. The molecular weight excluding hydrogens is 246 g/mol. The maximum atomic E-state index is 6.18. The molecule has 2 heteroatoms.